The number of nitrogens with zero attached hydrogens (tertiary/aromatic N) is 3. The number of aromatic nitrogens is 2. The maximum Gasteiger partial charge on any atom is 0.410 e. The minimum absolute atomic E-state index is 0.0786. The summed E-state index contributed by atoms with van der Waals surface area (Å²) in [5.74, 6) is 1.04. The van der Waals surface area contributed by atoms with Gasteiger partial charge in [-0.05, 0) is 84.1 Å². The van der Waals surface area contributed by atoms with Crippen LogP contribution >= 0.6 is 11.3 Å². The monoisotopic (exact) mass is 461 g/mol. The Morgan fingerprint density at radius 2 is 1.97 bits per heavy atom. The van der Waals surface area contributed by atoms with Gasteiger partial charge in [-0.25, -0.2) is 14.8 Å². The molecule has 1 fully saturated rings. The van der Waals surface area contributed by atoms with Gasteiger partial charge in [-0.15, -0.1) is 11.3 Å². The van der Waals surface area contributed by atoms with Gasteiger partial charge in [-0.1, -0.05) is 0 Å². The Labute approximate surface area is 194 Å². The quantitative estimate of drug-likeness (QED) is 0.648. The summed E-state index contributed by atoms with van der Waals surface area (Å²) in [4.78, 5) is 25.8. The maximum atomic E-state index is 12.6. The molecule has 0 radical (unpaired) electrons. The Balaban J connectivity index is 1.44. The van der Waals surface area contributed by atoms with Gasteiger partial charge in [-0.2, -0.15) is 0 Å². The van der Waals surface area contributed by atoms with Crippen molar-refractivity contribution in [3.05, 3.63) is 16.8 Å². The largest absolute Gasteiger partial charge is 0.474 e. The van der Waals surface area contributed by atoms with E-state index in [9.17, 15) is 9.90 Å². The number of amides is 1. The summed E-state index contributed by atoms with van der Waals surface area (Å²) < 4.78 is 12.0. The number of hydrogen-bond acceptors (Lipinski definition) is 7. The van der Waals surface area contributed by atoms with E-state index in [1.165, 1.54) is 10.4 Å². The van der Waals surface area contributed by atoms with Gasteiger partial charge in [0.1, 0.15) is 22.9 Å². The van der Waals surface area contributed by atoms with Crippen LogP contribution in [-0.4, -0.2) is 57.0 Å². The van der Waals surface area contributed by atoms with E-state index in [-0.39, 0.29) is 24.8 Å². The molecular formula is C24H35N3O4S. The molecule has 2 aromatic rings. The fraction of sp³-hybridized carbons (Fsp3) is 0.708. The third-order valence-electron chi connectivity index (χ3n) is 6.50. The highest BCUT2D eigenvalue weighted by atomic mass is 32.1. The Kier molecular flexibility index (Phi) is 6.91. The topological polar surface area (TPSA) is 84.8 Å². The lowest BCUT2D eigenvalue weighted by Gasteiger charge is -2.37. The number of rotatable bonds is 6. The average Bonchev–Trinajstić information content (AvgIpc) is 3.29. The SMILES string of the molecule is CCN(C(=O)OC(C)(C)C)[C@H]1CC[C@@H](Oc2ncnc3sc4c(c23)[C@@H](CCO)CC4)CC1. The minimum atomic E-state index is -0.488. The predicted molar refractivity (Wildman–Crippen MR) is 125 cm³/mol. The second-order valence-corrected chi connectivity index (χ2v) is 10.9. The lowest BCUT2D eigenvalue weighted by atomic mass is 9.92. The van der Waals surface area contributed by atoms with E-state index in [4.69, 9.17) is 9.47 Å². The van der Waals surface area contributed by atoms with Gasteiger partial charge in [0.05, 0.1) is 5.39 Å². The molecule has 4 rings (SSSR count). The zero-order valence-electron chi connectivity index (χ0n) is 19.6. The van der Waals surface area contributed by atoms with Gasteiger partial charge in [-0.3, -0.25) is 0 Å². The Morgan fingerprint density at radius 3 is 2.62 bits per heavy atom. The molecule has 32 heavy (non-hydrogen) atoms. The van der Waals surface area contributed by atoms with E-state index in [0.29, 0.717) is 18.3 Å². The molecule has 1 saturated carbocycles. The molecule has 2 heterocycles. The first-order valence-corrected chi connectivity index (χ1v) is 12.7. The van der Waals surface area contributed by atoms with Crippen LogP contribution in [0.2, 0.25) is 0 Å². The molecule has 1 N–H and O–H groups in total. The molecule has 2 aromatic heterocycles. The van der Waals surface area contributed by atoms with Crippen molar-refractivity contribution >= 4 is 27.6 Å². The van der Waals surface area contributed by atoms with E-state index in [1.807, 2.05) is 32.6 Å². The smallest absolute Gasteiger partial charge is 0.410 e. The van der Waals surface area contributed by atoms with Crippen LogP contribution in [0.25, 0.3) is 10.2 Å². The molecule has 7 nitrogen and oxygen atoms in total. The number of aliphatic hydroxyl groups is 1. The van der Waals surface area contributed by atoms with Crippen molar-refractivity contribution in [3.8, 4) is 5.88 Å². The number of hydrogen-bond donors (Lipinski definition) is 1. The number of thiophene rings is 1. The Morgan fingerprint density at radius 1 is 1.22 bits per heavy atom. The summed E-state index contributed by atoms with van der Waals surface area (Å²) in [6.45, 7) is 8.55. The molecule has 0 bridgehead atoms. The summed E-state index contributed by atoms with van der Waals surface area (Å²) in [6.07, 6.45) is 7.87. The second-order valence-electron chi connectivity index (χ2n) is 9.86. The normalized spacial score (nSPS) is 23.2. The van der Waals surface area contributed by atoms with Crippen molar-refractivity contribution in [1.29, 1.82) is 0 Å². The zero-order chi connectivity index (χ0) is 22.9. The molecule has 2 aliphatic rings. The van der Waals surface area contributed by atoms with Crippen molar-refractivity contribution in [2.45, 2.75) is 96.3 Å². The highest BCUT2D eigenvalue weighted by molar-refractivity contribution is 7.19. The average molecular weight is 462 g/mol. The first-order valence-electron chi connectivity index (χ1n) is 11.8. The van der Waals surface area contributed by atoms with Crippen LogP contribution in [0.15, 0.2) is 6.33 Å². The summed E-state index contributed by atoms with van der Waals surface area (Å²) in [7, 11) is 0. The Hall–Kier alpha value is -1.93. The lowest BCUT2D eigenvalue weighted by molar-refractivity contribution is 0.00812. The van der Waals surface area contributed by atoms with Crippen molar-refractivity contribution in [2.24, 2.45) is 0 Å². The highest BCUT2D eigenvalue weighted by Gasteiger charge is 2.33. The molecule has 1 amide bonds. The van der Waals surface area contributed by atoms with Gasteiger partial charge < -0.3 is 19.5 Å². The first kappa shape index (κ1) is 23.2. The van der Waals surface area contributed by atoms with Crippen LogP contribution in [0.1, 0.15) is 82.6 Å². The molecule has 8 heteroatoms. The summed E-state index contributed by atoms with van der Waals surface area (Å²) in [5, 5.41) is 10.5. The van der Waals surface area contributed by atoms with E-state index < -0.39 is 5.60 Å². The maximum absolute atomic E-state index is 12.6. The van der Waals surface area contributed by atoms with Gasteiger partial charge in [0.25, 0.3) is 0 Å². The van der Waals surface area contributed by atoms with Crippen molar-refractivity contribution in [1.82, 2.24) is 14.9 Å². The van der Waals surface area contributed by atoms with Crippen molar-refractivity contribution < 1.29 is 19.4 Å². The number of aryl methyl sites for hydroxylation is 1. The van der Waals surface area contributed by atoms with E-state index in [0.717, 1.165) is 55.2 Å². The predicted octanol–water partition coefficient (Wildman–Crippen LogP) is 5.05. The Bertz CT molecular complexity index is 947. The molecule has 0 aliphatic heterocycles. The van der Waals surface area contributed by atoms with Crippen LogP contribution in [-0.2, 0) is 11.2 Å². The minimum Gasteiger partial charge on any atom is -0.474 e. The molecule has 0 saturated heterocycles. The van der Waals surface area contributed by atoms with Crippen LogP contribution in [0.4, 0.5) is 4.79 Å². The standard InChI is InChI=1S/C24H35N3O4S/c1-5-27(23(29)31-24(2,3)4)16-7-9-17(10-8-16)30-21-20-19-15(12-13-28)6-11-18(19)32-22(20)26-14-25-21/h14-17,28H,5-13H2,1-4H3/t15-,16-,17+/m1/s1. The van der Waals surface area contributed by atoms with Gasteiger partial charge in [0.2, 0.25) is 5.88 Å². The first-order chi connectivity index (χ1) is 15.3. The van der Waals surface area contributed by atoms with Gasteiger partial charge in [0.15, 0.2) is 0 Å². The molecule has 1 atom stereocenters. The molecular weight excluding hydrogens is 426 g/mol. The molecule has 0 unspecified atom stereocenters. The number of ether oxygens (including phenoxy) is 2. The molecule has 0 aromatic carbocycles. The fourth-order valence-corrected chi connectivity index (χ4v) is 6.29. The molecule has 0 spiro atoms. The summed E-state index contributed by atoms with van der Waals surface area (Å²) >= 11 is 1.74. The zero-order valence-corrected chi connectivity index (χ0v) is 20.4. The third kappa shape index (κ3) is 4.86. The lowest BCUT2D eigenvalue weighted by Crippen LogP contribution is -2.45. The van der Waals surface area contributed by atoms with Gasteiger partial charge >= 0.3 is 6.09 Å². The number of aliphatic hydroxyl groups excluding tert-OH is 1. The third-order valence-corrected chi connectivity index (χ3v) is 7.68. The second kappa shape index (κ2) is 9.51. The summed E-state index contributed by atoms with van der Waals surface area (Å²) in [5.41, 5.74) is 0.808. The van der Waals surface area contributed by atoms with E-state index in [1.54, 1.807) is 17.7 Å². The highest BCUT2D eigenvalue weighted by Crippen LogP contribution is 2.47. The molecule has 2 aliphatic carbocycles. The van der Waals surface area contributed by atoms with E-state index >= 15 is 0 Å². The fourth-order valence-electron chi connectivity index (χ4n) is 5.06. The van der Waals surface area contributed by atoms with Crippen LogP contribution in [0.5, 0.6) is 5.88 Å². The van der Waals surface area contributed by atoms with Crippen LogP contribution in [0, 0.1) is 0 Å². The van der Waals surface area contributed by atoms with Crippen LogP contribution in [0.3, 0.4) is 0 Å². The molecule has 176 valence electrons. The summed E-state index contributed by atoms with van der Waals surface area (Å²) in [6, 6.07) is 0.180. The number of fused-ring (bicyclic) bond motifs is 3. The van der Waals surface area contributed by atoms with Gasteiger partial charge in [0, 0.05) is 24.1 Å². The number of carbonyl (C=O) groups is 1. The van der Waals surface area contributed by atoms with Crippen molar-refractivity contribution in [3.63, 3.8) is 0 Å². The van der Waals surface area contributed by atoms with Crippen molar-refractivity contribution in [2.75, 3.05) is 13.2 Å². The number of carbonyl (C=O) groups excluding carboxylic acids is 1. The van der Waals surface area contributed by atoms with Crippen LogP contribution < -0.4 is 4.74 Å². The van der Waals surface area contributed by atoms with E-state index in [2.05, 4.69) is 9.97 Å².